The highest BCUT2D eigenvalue weighted by molar-refractivity contribution is 14.0. The molecule has 0 radical (unpaired) electrons. The largest absolute Gasteiger partial charge is 0.357 e. The van der Waals surface area contributed by atoms with Gasteiger partial charge in [-0.05, 0) is 57.5 Å². The molecule has 2 rings (SSSR count). The first-order valence-corrected chi connectivity index (χ1v) is 10.0. The second-order valence-corrected chi connectivity index (χ2v) is 7.60. The van der Waals surface area contributed by atoms with Gasteiger partial charge in [-0.15, -0.1) is 24.0 Å². The standard InChI is InChI=1S/C21H35N5O.HI/c1-5-22-21(26-12-9-17(2)10-13-26)24-16-18-7-6-8-19(15-18)20(27)23-11-14-25(3)4;/h6-8,15,17H,5,9-14,16H2,1-4H3,(H,22,24)(H,23,27);1H. The van der Waals surface area contributed by atoms with Crippen LogP contribution in [0.25, 0.3) is 0 Å². The highest BCUT2D eigenvalue weighted by Gasteiger charge is 2.18. The van der Waals surface area contributed by atoms with Crippen LogP contribution in [0.1, 0.15) is 42.6 Å². The van der Waals surface area contributed by atoms with Crippen molar-refractivity contribution in [1.82, 2.24) is 20.4 Å². The predicted molar refractivity (Wildman–Crippen MR) is 128 cm³/mol. The van der Waals surface area contributed by atoms with Crippen LogP contribution in [0.3, 0.4) is 0 Å². The van der Waals surface area contributed by atoms with Gasteiger partial charge in [0, 0.05) is 38.3 Å². The summed E-state index contributed by atoms with van der Waals surface area (Å²) < 4.78 is 0. The lowest BCUT2D eigenvalue weighted by Crippen LogP contribution is -2.45. The van der Waals surface area contributed by atoms with Gasteiger partial charge in [0.05, 0.1) is 6.54 Å². The van der Waals surface area contributed by atoms with Crippen molar-refractivity contribution in [2.45, 2.75) is 33.2 Å². The number of nitrogens with one attached hydrogen (secondary N) is 2. The summed E-state index contributed by atoms with van der Waals surface area (Å²) in [7, 11) is 3.99. The first kappa shape index (κ1) is 24.7. The summed E-state index contributed by atoms with van der Waals surface area (Å²) in [5.74, 6) is 1.75. The maximum atomic E-state index is 12.3. The lowest BCUT2D eigenvalue weighted by atomic mass is 10.00. The van der Waals surface area contributed by atoms with E-state index in [1.54, 1.807) is 0 Å². The Labute approximate surface area is 187 Å². The number of likely N-dealkylation sites (N-methyl/N-ethyl adjacent to an activating group) is 1. The topological polar surface area (TPSA) is 60.0 Å². The molecule has 1 heterocycles. The molecule has 1 fully saturated rings. The van der Waals surface area contributed by atoms with Crippen molar-refractivity contribution in [3.8, 4) is 0 Å². The van der Waals surface area contributed by atoms with Crippen molar-refractivity contribution < 1.29 is 4.79 Å². The zero-order valence-electron chi connectivity index (χ0n) is 17.7. The fourth-order valence-electron chi connectivity index (χ4n) is 3.12. The summed E-state index contributed by atoms with van der Waals surface area (Å²) in [5.41, 5.74) is 1.74. The number of carbonyl (C=O) groups is 1. The van der Waals surface area contributed by atoms with E-state index in [0.717, 1.165) is 43.6 Å². The number of rotatable bonds is 7. The van der Waals surface area contributed by atoms with Crippen LogP contribution in [0.5, 0.6) is 0 Å². The van der Waals surface area contributed by atoms with E-state index >= 15 is 0 Å². The predicted octanol–water partition coefficient (Wildman–Crippen LogP) is 2.79. The number of halogens is 1. The van der Waals surface area contributed by atoms with Gasteiger partial charge in [-0.1, -0.05) is 19.1 Å². The Morgan fingerprint density at radius 2 is 1.96 bits per heavy atom. The van der Waals surface area contributed by atoms with Crippen LogP contribution in [0.15, 0.2) is 29.3 Å². The normalized spacial score (nSPS) is 15.3. The molecule has 0 bridgehead atoms. The van der Waals surface area contributed by atoms with Gasteiger partial charge >= 0.3 is 0 Å². The lowest BCUT2D eigenvalue weighted by molar-refractivity contribution is 0.0951. The molecule has 1 amide bonds. The van der Waals surface area contributed by atoms with Crippen molar-refractivity contribution >= 4 is 35.8 Å². The molecule has 1 aliphatic rings. The molecule has 6 nitrogen and oxygen atoms in total. The maximum Gasteiger partial charge on any atom is 0.251 e. The summed E-state index contributed by atoms with van der Waals surface area (Å²) in [4.78, 5) is 21.5. The van der Waals surface area contributed by atoms with Crippen LogP contribution in [-0.2, 0) is 6.54 Å². The number of nitrogens with zero attached hydrogens (tertiary/aromatic N) is 3. The summed E-state index contributed by atoms with van der Waals surface area (Å²) in [5, 5.41) is 6.37. The molecule has 1 aliphatic heterocycles. The van der Waals surface area contributed by atoms with Gasteiger partial charge in [-0.3, -0.25) is 4.79 Å². The Morgan fingerprint density at radius 3 is 2.61 bits per heavy atom. The molecule has 0 aliphatic carbocycles. The van der Waals surface area contributed by atoms with Crippen molar-refractivity contribution in [2.75, 3.05) is 46.8 Å². The monoisotopic (exact) mass is 501 g/mol. The van der Waals surface area contributed by atoms with Gasteiger partial charge in [-0.2, -0.15) is 0 Å². The minimum Gasteiger partial charge on any atom is -0.357 e. The van der Waals surface area contributed by atoms with E-state index in [9.17, 15) is 4.79 Å². The zero-order chi connectivity index (χ0) is 19.6. The summed E-state index contributed by atoms with van der Waals surface area (Å²) in [6, 6.07) is 7.76. The van der Waals surface area contributed by atoms with Gasteiger partial charge in [0.2, 0.25) is 0 Å². The average molecular weight is 501 g/mol. The van der Waals surface area contributed by atoms with Crippen LogP contribution in [-0.4, -0.2) is 68.5 Å². The summed E-state index contributed by atoms with van der Waals surface area (Å²) >= 11 is 0. The number of benzene rings is 1. The highest BCUT2D eigenvalue weighted by Crippen LogP contribution is 2.16. The fourth-order valence-corrected chi connectivity index (χ4v) is 3.12. The van der Waals surface area contributed by atoms with E-state index in [1.807, 2.05) is 38.4 Å². The SMILES string of the molecule is CCNC(=NCc1cccc(C(=O)NCCN(C)C)c1)N1CCC(C)CC1.I. The zero-order valence-corrected chi connectivity index (χ0v) is 20.0. The second kappa shape index (κ2) is 13.0. The number of likely N-dealkylation sites (tertiary alicyclic amines) is 1. The van der Waals surface area contributed by atoms with Crippen LogP contribution in [0.2, 0.25) is 0 Å². The second-order valence-electron chi connectivity index (χ2n) is 7.60. The molecule has 1 aromatic rings. The number of hydrogen-bond donors (Lipinski definition) is 2. The highest BCUT2D eigenvalue weighted by atomic mass is 127. The van der Waals surface area contributed by atoms with Crippen molar-refractivity contribution in [2.24, 2.45) is 10.9 Å². The molecule has 0 aromatic heterocycles. The minimum atomic E-state index is -0.0281. The van der Waals surface area contributed by atoms with Gasteiger partial charge in [0.1, 0.15) is 0 Å². The minimum absolute atomic E-state index is 0. The third kappa shape index (κ3) is 8.34. The van der Waals surface area contributed by atoms with Crippen molar-refractivity contribution in [1.29, 1.82) is 0 Å². The first-order chi connectivity index (χ1) is 13.0. The van der Waals surface area contributed by atoms with Crippen molar-refractivity contribution in [3.63, 3.8) is 0 Å². The molecule has 0 saturated carbocycles. The Bertz CT molecular complexity index is 627. The van der Waals surface area contributed by atoms with Gasteiger partial charge in [-0.25, -0.2) is 4.99 Å². The maximum absolute atomic E-state index is 12.3. The van der Waals surface area contributed by atoms with E-state index in [-0.39, 0.29) is 29.9 Å². The Morgan fingerprint density at radius 1 is 1.25 bits per heavy atom. The quantitative estimate of drug-likeness (QED) is 0.343. The molecule has 1 saturated heterocycles. The summed E-state index contributed by atoms with van der Waals surface area (Å²) in [6.07, 6.45) is 2.43. The molecule has 28 heavy (non-hydrogen) atoms. The van der Waals surface area contributed by atoms with E-state index in [4.69, 9.17) is 4.99 Å². The fraction of sp³-hybridized carbons (Fsp3) is 0.619. The molecule has 2 N–H and O–H groups in total. The molecule has 7 heteroatoms. The first-order valence-electron chi connectivity index (χ1n) is 10.0. The molecular formula is C21H36IN5O. The van der Waals surface area contributed by atoms with Crippen LogP contribution in [0.4, 0.5) is 0 Å². The van der Waals surface area contributed by atoms with Gasteiger partial charge in [0.15, 0.2) is 5.96 Å². The van der Waals surface area contributed by atoms with Crippen molar-refractivity contribution in [3.05, 3.63) is 35.4 Å². The Hall–Kier alpha value is -1.35. The number of carbonyl (C=O) groups excluding carboxylic acids is 1. The van der Waals surface area contributed by atoms with Crippen LogP contribution < -0.4 is 10.6 Å². The summed E-state index contributed by atoms with van der Waals surface area (Å²) in [6.45, 7) is 9.44. The molecule has 0 spiro atoms. The lowest BCUT2D eigenvalue weighted by Gasteiger charge is -2.33. The number of piperidine rings is 1. The van der Waals surface area contributed by atoms with E-state index in [1.165, 1.54) is 12.8 Å². The third-order valence-electron chi connectivity index (χ3n) is 4.86. The van der Waals surface area contributed by atoms with Crippen LogP contribution >= 0.6 is 24.0 Å². The molecular weight excluding hydrogens is 465 g/mol. The molecule has 0 atom stereocenters. The molecule has 158 valence electrons. The van der Waals surface area contributed by atoms with E-state index < -0.39 is 0 Å². The number of guanidine groups is 1. The number of hydrogen-bond acceptors (Lipinski definition) is 3. The Balaban J connectivity index is 0.00000392. The average Bonchev–Trinajstić information content (AvgIpc) is 2.66. The van der Waals surface area contributed by atoms with Gasteiger partial charge in [0.25, 0.3) is 5.91 Å². The number of amides is 1. The van der Waals surface area contributed by atoms with E-state index in [0.29, 0.717) is 18.7 Å². The smallest absolute Gasteiger partial charge is 0.251 e. The third-order valence-corrected chi connectivity index (χ3v) is 4.86. The molecule has 0 unspecified atom stereocenters. The molecule has 1 aromatic carbocycles. The van der Waals surface area contributed by atoms with Crippen LogP contribution in [0, 0.1) is 5.92 Å². The van der Waals surface area contributed by atoms with Gasteiger partial charge < -0.3 is 20.4 Å². The van der Waals surface area contributed by atoms with E-state index in [2.05, 4.69) is 34.3 Å². The number of aliphatic imine (C=N–C) groups is 1. The Kier molecular flexibility index (Phi) is 11.4.